The predicted octanol–water partition coefficient (Wildman–Crippen LogP) is 23.2. The summed E-state index contributed by atoms with van der Waals surface area (Å²) in [5, 5.41) is 0. The summed E-state index contributed by atoms with van der Waals surface area (Å²) in [5.41, 5.74) is 3.53. The highest BCUT2D eigenvalue weighted by molar-refractivity contribution is 6.21. The maximum absolute atomic E-state index is 13.2. The summed E-state index contributed by atoms with van der Waals surface area (Å²) in [4.78, 5) is 13.2. The maximum atomic E-state index is 13.2. The molecule has 2 aromatic carbocycles. The van der Waals surface area contributed by atoms with Crippen molar-refractivity contribution >= 4 is 5.78 Å². The molecule has 0 bridgehead atoms. The van der Waals surface area contributed by atoms with Gasteiger partial charge in [-0.3, -0.25) is 4.79 Å². The first-order valence-electron chi connectivity index (χ1n) is 33.8. The van der Waals surface area contributed by atoms with E-state index >= 15 is 0 Å². The first-order chi connectivity index (χ1) is 37.5. The van der Waals surface area contributed by atoms with Gasteiger partial charge >= 0.3 is 0 Å². The van der Waals surface area contributed by atoms with Crippen molar-refractivity contribution in [2.75, 3.05) is 26.4 Å². The largest absolute Gasteiger partial charge is 0.491 e. The summed E-state index contributed by atoms with van der Waals surface area (Å²) < 4.78 is 26.9. The Morgan fingerprint density at radius 1 is 0.368 bits per heavy atom. The van der Waals surface area contributed by atoms with E-state index in [1.807, 2.05) is 42.5 Å². The van der Waals surface area contributed by atoms with Gasteiger partial charge in [0.2, 0.25) is 0 Å². The van der Waals surface area contributed by atoms with Crippen LogP contribution >= 0.6 is 0 Å². The Morgan fingerprint density at radius 3 is 1.08 bits per heavy atom. The van der Waals surface area contributed by atoms with Gasteiger partial charge in [-0.15, -0.1) is 0 Å². The van der Waals surface area contributed by atoms with Crippen LogP contribution in [0, 0.1) is 0 Å². The van der Waals surface area contributed by atoms with Crippen LogP contribution in [0.15, 0.2) is 42.5 Å². The van der Waals surface area contributed by atoms with Crippen molar-refractivity contribution in [3.05, 3.63) is 53.6 Å². The fourth-order valence-electron chi connectivity index (χ4n) is 11.6. The molecule has 0 heterocycles. The zero-order chi connectivity index (χ0) is 54.1. The maximum Gasteiger partial charge on any atom is 0.194 e. The molecule has 0 saturated carbocycles. The van der Waals surface area contributed by atoms with Gasteiger partial charge in [-0.1, -0.05) is 321 Å². The van der Waals surface area contributed by atoms with Crippen LogP contribution in [0.1, 0.15) is 352 Å². The van der Waals surface area contributed by atoms with Crippen LogP contribution in [0.2, 0.25) is 0 Å². The molecule has 0 spiro atoms. The molecule has 0 radical (unpaired) electrons. The topological polar surface area (TPSA) is 54.0 Å². The Kier molecular flexibility index (Phi) is 43.6. The van der Waals surface area contributed by atoms with Gasteiger partial charge in [-0.2, -0.15) is 0 Å². The minimum atomic E-state index is -0.707. The summed E-state index contributed by atoms with van der Waals surface area (Å²) >= 11 is 0. The summed E-state index contributed by atoms with van der Waals surface area (Å²) in [7, 11) is 0. The van der Waals surface area contributed by atoms with E-state index in [-0.39, 0.29) is 11.9 Å². The van der Waals surface area contributed by atoms with E-state index in [1.165, 1.54) is 276 Å². The third-order valence-electron chi connectivity index (χ3n) is 16.7. The fourth-order valence-corrected chi connectivity index (χ4v) is 11.6. The van der Waals surface area contributed by atoms with Gasteiger partial charge in [0, 0.05) is 24.0 Å². The lowest BCUT2D eigenvalue weighted by atomic mass is 10.0. The van der Waals surface area contributed by atoms with Crippen LogP contribution in [-0.4, -0.2) is 44.1 Å². The van der Waals surface area contributed by atoms with E-state index in [0.717, 1.165) is 73.3 Å². The zero-order valence-corrected chi connectivity index (χ0v) is 50.9. The minimum Gasteiger partial charge on any atom is -0.491 e. The highest BCUT2D eigenvalue weighted by Crippen LogP contribution is 2.38. The molecule has 1 aliphatic rings. The Bertz CT molecular complexity index is 1560. The average Bonchev–Trinajstić information content (AvgIpc) is 3.73. The molecule has 0 N–H and O–H groups in total. The van der Waals surface area contributed by atoms with Crippen LogP contribution in [0.4, 0.5) is 0 Å². The number of hydrogen-bond acceptors (Lipinski definition) is 5. The number of unbranched alkanes of at least 4 members (excludes halogenated alkanes) is 43. The third-order valence-corrected chi connectivity index (χ3v) is 16.7. The van der Waals surface area contributed by atoms with Gasteiger partial charge in [0.25, 0.3) is 0 Å². The Labute approximate surface area is 472 Å². The molecule has 0 fully saturated rings. The van der Waals surface area contributed by atoms with Crippen molar-refractivity contribution in [3.8, 4) is 16.9 Å². The minimum absolute atomic E-state index is 0.0610. The van der Waals surface area contributed by atoms with E-state index in [0.29, 0.717) is 13.2 Å². The van der Waals surface area contributed by atoms with Gasteiger partial charge in [-0.25, -0.2) is 0 Å². The first kappa shape index (κ1) is 68.1. The molecular formula is C71H124O5. The molecule has 3 rings (SSSR count). The van der Waals surface area contributed by atoms with Crippen LogP contribution in [0.3, 0.4) is 0 Å². The molecule has 0 aromatic heterocycles. The molecule has 76 heavy (non-hydrogen) atoms. The summed E-state index contributed by atoms with van der Waals surface area (Å²) in [6.07, 6.45) is 64.4. The first-order valence-corrected chi connectivity index (χ1v) is 33.8. The molecule has 1 atom stereocenters. The van der Waals surface area contributed by atoms with Crippen LogP contribution in [-0.2, 0) is 14.2 Å². The van der Waals surface area contributed by atoms with Crippen molar-refractivity contribution in [2.24, 2.45) is 0 Å². The standard InChI is InChI=1S/C71H124O5/c1-5-8-11-14-17-20-23-26-29-31-34-37-40-43-46-51-59-74-71(58-50-45-42-39-36-33-28-25-22-19-16-13-10-7-3,75-60-52-47-44-41-38-35-32-30-27-24-21-18-15-12-9-6-2)63-73-61-57-64(4)76-65-55-56-67-66-53-48-49-54-68(66)70(72)69(67)62-65/h48-49,53-56,62,64H,5-47,50-52,57-61,63H2,1-4H3. The van der Waals surface area contributed by atoms with Crippen LogP contribution in [0.25, 0.3) is 11.1 Å². The van der Waals surface area contributed by atoms with E-state index in [2.05, 4.69) is 27.7 Å². The van der Waals surface area contributed by atoms with Crippen molar-refractivity contribution in [2.45, 2.75) is 348 Å². The molecule has 5 heteroatoms. The lowest BCUT2D eigenvalue weighted by molar-refractivity contribution is -0.266. The second-order valence-corrected chi connectivity index (χ2v) is 23.9. The molecule has 438 valence electrons. The Morgan fingerprint density at radius 2 is 0.697 bits per heavy atom. The van der Waals surface area contributed by atoms with Gasteiger partial charge in [0.1, 0.15) is 12.4 Å². The monoisotopic (exact) mass is 1060 g/mol. The van der Waals surface area contributed by atoms with E-state index in [1.54, 1.807) is 0 Å². The van der Waals surface area contributed by atoms with Gasteiger partial charge < -0.3 is 18.9 Å². The Hall–Kier alpha value is -2.21. The van der Waals surface area contributed by atoms with Gasteiger partial charge in [-0.05, 0) is 55.5 Å². The number of carbonyl (C=O) groups excluding carboxylic acids is 1. The number of benzene rings is 2. The van der Waals surface area contributed by atoms with Crippen molar-refractivity contribution in [1.82, 2.24) is 0 Å². The lowest BCUT2D eigenvalue weighted by Gasteiger charge is -2.34. The molecule has 1 unspecified atom stereocenters. The summed E-state index contributed by atoms with van der Waals surface area (Å²) in [6.45, 7) is 11.5. The van der Waals surface area contributed by atoms with Crippen LogP contribution in [0.5, 0.6) is 5.75 Å². The SMILES string of the molecule is CCCCCCCCCCCCCCCCCCOC(CCCCCCCCCCCCCCCC)(COCCC(C)Oc1ccc2c(c1)C(=O)c1ccccc1-2)OCCCCCCCCCCCCCCCCCC. The normalized spacial score (nSPS) is 12.7. The number of carbonyl (C=O) groups is 1. The predicted molar refractivity (Wildman–Crippen MR) is 329 cm³/mol. The number of fused-ring (bicyclic) bond motifs is 3. The number of ketones is 1. The Balaban J connectivity index is 1.47. The number of rotatable bonds is 58. The van der Waals surface area contributed by atoms with Crippen molar-refractivity contribution in [1.29, 1.82) is 0 Å². The highest BCUT2D eigenvalue weighted by atomic mass is 16.7. The molecule has 2 aromatic rings. The molecule has 1 aliphatic carbocycles. The smallest absolute Gasteiger partial charge is 0.194 e. The second-order valence-electron chi connectivity index (χ2n) is 23.9. The quantitative estimate of drug-likeness (QED) is 0.0416. The van der Waals surface area contributed by atoms with E-state index < -0.39 is 5.79 Å². The third kappa shape index (κ3) is 34.0. The molecule has 0 saturated heterocycles. The fraction of sp³-hybridized carbons (Fsp3) is 0.817. The highest BCUT2D eigenvalue weighted by Gasteiger charge is 2.32. The molecule has 0 amide bonds. The van der Waals surface area contributed by atoms with Crippen LogP contribution < -0.4 is 4.74 Å². The zero-order valence-electron chi connectivity index (χ0n) is 50.9. The lowest BCUT2D eigenvalue weighted by Crippen LogP contribution is -2.42. The van der Waals surface area contributed by atoms with E-state index in [9.17, 15) is 4.79 Å². The van der Waals surface area contributed by atoms with Crippen molar-refractivity contribution in [3.63, 3.8) is 0 Å². The van der Waals surface area contributed by atoms with Crippen molar-refractivity contribution < 1.29 is 23.7 Å². The molecule has 0 aliphatic heterocycles. The van der Waals surface area contributed by atoms with Gasteiger partial charge in [0.05, 0.1) is 25.9 Å². The molecule has 5 nitrogen and oxygen atoms in total. The average molecular weight is 1060 g/mol. The molecular weight excluding hydrogens is 933 g/mol. The van der Waals surface area contributed by atoms with Gasteiger partial charge in [0.15, 0.2) is 11.6 Å². The number of hydrogen-bond donors (Lipinski definition) is 0. The second kappa shape index (κ2) is 48.7. The number of ether oxygens (including phenoxy) is 4. The summed E-state index contributed by atoms with van der Waals surface area (Å²) in [5.74, 6) is 0.117. The van der Waals surface area contributed by atoms with E-state index in [4.69, 9.17) is 18.9 Å². The summed E-state index contributed by atoms with van der Waals surface area (Å²) in [6, 6.07) is 13.9.